The molecule has 1 heterocycles. The van der Waals surface area contributed by atoms with Gasteiger partial charge in [0.25, 0.3) is 5.91 Å². The standard InChI is InChI=1S/C21H26N2O3S/c1-6-23(13-16(4)21(25)26-5)20(24)18-8-7-11-22-19(18)27-17-10-9-14(2)15(3)12-17/h7-12,16H,6,13H2,1-5H3. The van der Waals surface area contributed by atoms with Crippen molar-refractivity contribution in [3.05, 3.63) is 53.2 Å². The van der Waals surface area contributed by atoms with Crippen LogP contribution in [-0.2, 0) is 9.53 Å². The number of hydrogen-bond donors (Lipinski definition) is 0. The Balaban J connectivity index is 2.25. The molecule has 27 heavy (non-hydrogen) atoms. The Labute approximate surface area is 165 Å². The highest BCUT2D eigenvalue weighted by Gasteiger charge is 2.23. The first kappa shape index (κ1) is 21.0. The molecule has 0 saturated carbocycles. The number of rotatable bonds is 7. The van der Waals surface area contributed by atoms with Crippen molar-refractivity contribution >= 4 is 23.6 Å². The molecule has 2 aromatic rings. The molecule has 0 aliphatic heterocycles. The van der Waals surface area contributed by atoms with E-state index in [9.17, 15) is 9.59 Å². The molecule has 1 amide bonds. The molecular weight excluding hydrogens is 360 g/mol. The van der Waals surface area contributed by atoms with Crippen LogP contribution in [-0.4, -0.2) is 42.0 Å². The number of benzene rings is 1. The minimum Gasteiger partial charge on any atom is -0.469 e. The molecule has 0 aliphatic carbocycles. The number of carbonyl (C=O) groups is 2. The number of aryl methyl sites for hydroxylation is 2. The Bertz CT molecular complexity index is 823. The van der Waals surface area contributed by atoms with Gasteiger partial charge >= 0.3 is 5.97 Å². The SMILES string of the molecule is CCN(CC(C)C(=O)OC)C(=O)c1cccnc1Sc1ccc(C)c(C)c1. The van der Waals surface area contributed by atoms with E-state index < -0.39 is 0 Å². The van der Waals surface area contributed by atoms with Gasteiger partial charge in [0, 0.05) is 24.2 Å². The Morgan fingerprint density at radius 2 is 1.96 bits per heavy atom. The molecule has 1 aromatic carbocycles. The van der Waals surface area contributed by atoms with Gasteiger partial charge in [-0.25, -0.2) is 4.98 Å². The second-order valence-corrected chi connectivity index (χ2v) is 7.53. The number of aromatic nitrogens is 1. The molecule has 0 aliphatic rings. The quantitative estimate of drug-likeness (QED) is 0.670. The lowest BCUT2D eigenvalue weighted by Gasteiger charge is -2.24. The van der Waals surface area contributed by atoms with E-state index in [0.29, 0.717) is 23.7 Å². The molecule has 0 bridgehead atoms. The van der Waals surface area contributed by atoms with Crippen LogP contribution in [0.15, 0.2) is 46.5 Å². The monoisotopic (exact) mass is 386 g/mol. The molecule has 1 unspecified atom stereocenters. The van der Waals surface area contributed by atoms with E-state index in [1.807, 2.05) is 13.0 Å². The first-order chi connectivity index (χ1) is 12.9. The number of nitrogens with zero attached hydrogens (tertiary/aromatic N) is 2. The fraction of sp³-hybridized carbons (Fsp3) is 0.381. The Hall–Kier alpha value is -2.34. The summed E-state index contributed by atoms with van der Waals surface area (Å²) in [6.45, 7) is 8.61. The van der Waals surface area contributed by atoms with Crippen LogP contribution < -0.4 is 0 Å². The highest BCUT2D eigenvalue weighted by Crippen LogP contribution is 2.30. The summed E-state index contributed by atoms with van der Waals surface area (Å²) in [7, 11) is 1.36. The summed E-state index contributed by atoms with van der Waals surface area (Å²) in [6, 6.07) is 9.74. The average molecular weight is 387 g/mol. The van der Waals surface area contributed by atoms with Gasteiger partial charge in [0.2, 0.25) is 0 Å². The summed E-state index contributed by atoms with van der Waals surface area (Å²) in [5.41, 5.74) is 2.97. The number of hydrogen-bond acceptors (Lipinski definition) is 5. The minimum atomic E-state index is -0.383. The third-order valence-electron chi connectivity index (χ3n) is 4.46. The normalized spacial score (nSPS) is 11.7. The third-order valence-corrected chi connectivity index (χ3v) is 5.47. The number of carbonyl (C=O) groups excluding carboxylic acids is 2. The summed E-state index contributed by atoms with van der Waals surface area (Å²) in [4.78, 5) is 31.9. The van der Waals surface area contributed by atoms with E-state index in [1.54, 1.807) is 30.2 Å². The van der Waals surface area contributed by atoms with Crippen molar-refractivity contribution in [2.24, 2.45) is 5.92 Å². The molecular formula is C21H26N2O3S. The first-order valence-electron chi connectivity index (χ1n) is 8.94. The van der Waals surface area contributed by atoms with Crippen molar-refractivity contribution in [3.8, 4) is 0 Å². The van der Waals surface area contributed by atoms with E-state index in [4.69, 9.17) is 4.74 Å². The van der Waals surface area contributed by atoms with Gasteiger partial charge in [0.1, 0.15) is 5.03 Å². The fourth-order valence-electron chi connectivity index (χ4n) is 2.66. The highest BCUT2D eigenvalue weighted by atomic mass is 32.2. The van der Waals surface area contributed by atoms with Gasteiger partial charge in [0.05, 0.1) is 18.6 Å². The fourth-order valence-corrected chi connectivity index (χ4v) is 3.63. The summed E-state index contributed by atoms with van der Waals surface area (Å²) < 4.78 is 4.77. The van der Waals surface area contributed by atoms with Crippen molar-refractivity contribution in [2.45, 2.75) is 37.6 Å². The summed E-state index contributed by atoms with van der Waals surface area (Å²) >= 11 is 1.47. The van der Waals surface area contributed by atoms with Crippen LogP contribution in [0.3, 0.4) is 0 Å². The summed E-state index contributed by atoms with van der Waals surface area (Å²) in [6.07, 6.45) is 1.69. The van der Waals surface area contributed by atoms with Crippen LogP contribution in [0.25, 0.3) is 0 Å². The Morgan fingerprint density at radius 1 is 1.22 bits per heavy atom. The zero-order valence-corrected chi connectivity index (χ0v) is 17.3. The maximum atomic E-state index is 13.1. The highest BCUT2D eigenvalue weighted by molar-refractivity contribution is 7.99. The molecule has 0 fully saturated rings. The molecule has 2 rings (SSSR count). The van der Waals surface area contributed by atoms with Gasteiger partial charge in [0.15, 0.2) is 0 Å². The summed E-state index contributed by atoms with van der Waals surface area (Å²) in [5, 5.41) is 0.662. The van der Waals surface area contributed by atoms with E-state index in [-0.39, 0.29) is 17.8 Å². The van der Waals surface area contributed by atoms with Crippen LogP contribution >= 0.6 is 11.8 Å². The molecule has 5 nitrogen and oxygen atoms in total. The lowest BCUT2D eigenvalue weighted by Crippen LogP contribution is -2.37. The van der Waals surface area contributed by atoms with Crippen LogP contribution in [0, 0.1) is 19.8 Å². The number of amides is 1. The van der Waals surface area contributed by atoms with Crippen LogP contribution in [0.5, 0.6) is 0 Å². The molecule has 6 heteroatoms. The molecule has 0 N–H and O–H groups in total. The van der Waals surface area contributed by atoms with Gasteiger partial charge < -0.3 is 9.64 Å². The molecule has 1 atom stereocenters. The topological polar surface area (TPSA) is 59.5 Å². The largest absolute Gasteiger partial charge is 0.469 e. The smallest absolute Gasteiger partial charge is 0.310 e. The first-order valence-corrected chi connectivity index (χ1v) is 9.76. The maximum Gasteiger partial charge on any atom is 0.310 e. The molecule has 1 aromatic heterocycles. The predicted octanol–water partition coefficient (Wildman–Crippen LogP) is 4.12. The van der Waals surface area contributed by atoms with Crippen molar-refractivity contribution < 1.29 is 14.3 Å². The zero-order chi connectivity index (χ0) is 20.0. The van der Waals surface area contributed by atoms with Crippen molar-refractivity contribution in [1.82, 2.24) is 9.88 Å². The maximum absolute atomic E-state index is 13.1. The predicted molar refractivity (Wildman–Crippen MR) is 107 cm³/mol. The van der Waals surface area contributed by atoms with Crippen molar-refractivity contribution in [1.29, 1.82) is 0 Å². The second kappa shape index (κ2) is 9.55. The number of esters is 1. The van der Waals surface area contributed by atoms with E-state index in [0.717, 1.165) is 4.90 Å². The van der Waals surface area contributed by atoms with Gasteiger partial charge in [-0.2, -0.15) is 0 Å². The molecule has 0 spiro atoms. The van der Waals surface area contributed by atoms with Crippen LogP contribution in [0.2, 0.25) is 0 Å². The Morgan fingerprint density at radius 3 is 2.59 bits per heavy atom. The van der Waals surface area contributed by atoms with Gasteiger partial charge in [-0.05, 0) is 56.2 Å². The minimum absolute atomic E-state index is 0.132. The Kier molecular flexibility index (Phi) is 7.42. The summed E-state index contributed by atoms with van der Waals surface area (Å²) in [5.74, 6) is -0.837. The number of methoxy groups -OCH3 is 1. The van der Waals surface area contributed by atoms with Gasteiger partial charge in [-0.1, -0.05) is 24.8 Å². The van der Waals surface area contributed by atoms with Crippen molar-refractivity contribution in [3.63, 3.8) is 0 Å². The lowest BCUT2D eigenvalue weighted by molar-refractivity contribution is -0.145. The third kappa shape index (κ3) is 5.32. The van der Waals surface area contributed by atoms with Gasteiger partial charge in [-0.15, -0.1) is 0 Å². The van der Waals surface area contributed by atoms with E-state index in [2.05, 4.69) is 31.0 Å². The van der Waals surface area contributed by atoms with E-state index >= 15 is 0 Å². The molecule has 144 valence electrons. The van der Waals surface area contributed by atoms with Crippen LogP contribution in [0.1, 0.15) is 35.3 Å². The zero-order valence-electron chi connectivity index (χ0n) is 16.5. The van der Waals surface area contributed by atoms with Gasteiger partial charge in [-0.3, -0.25) is 9.59 Å². The number of pyridine rings is 1. The average Bonchev–Trinajstić information content (AvgIpc) is 2.68. The molecule has 0 radical (unpaired) electrons. The number of ether oxygens (including phenoxy) is 1. The molecule has 0 saturated heterocycles. The van der Waals surface area contributed by atoms with Crippen LogP contribution in [0.4, 0.5) is 0 Å². The second-order valence-electron chi connectivity index (χ2n) is 6.47. The van der Waals surface area contributed by atoms with Crippen molar-refractivity contribution in [2.75, 3.05) is 20.2 Å². The lowest BCUT2D eigenvalue weighted by atomic mass is 10.1. The van der Waals surface area contributed by atoms with E-state index in [1.165, 1.54) is 30.0 Å².